The lowest BCUT2D eigenvalue weighted by atomic mass is 9.94. The van der Waals surface area contributed by atoms with Crippen molar-refractivity contribution in [1.82, 2.24) is 9.80 Å². The van der Waals surface area contributed by atoms with Crippen molar-refractivity contribution in [2.45, 2.75) is 12.5 Å². The number of hydrogen-bond donors (Lipinski definition) is 1. The summed E-state index contributed by atoms with van der Waals surface area (Å²) in [5.41, 5.74) is 1.27. The predicted molar refractivity (Wildman–Crippen MR) is 112 cm³/mol. The largest absolute Gasteiger partial charge is 0.507 e. The first-order valence-electron chi connectivity index (χ1n) is 9.57. The fourth-order valence-corrected chi connectivity index (χ4v) is 3.64. The molecule has 6 heteroatoms. The van der Waals surface area contributed by atoms with Gasteiger partial charge in [0.05, 0.1) is 18.7 Å². The number of hydrogen-bond acceptors (Lipinski definition) is 5. The Kier molecular flexibility index (Phi) is 6.34. The fraction of sp³-hybridized carbons (Fsp3) is 0.304. The van der Waals surface area contributed by atoms with E-state index >= 15 is 0 Å². The summed E-state index contributed by atoms with van der Waals surface area (Å²) in [5.74, 6) is -0.879. The van der Waals surface area contributed by atoms with Crippen LogP contribution in [0, 0.1) is 0 Å². The Labute approximate surface area is 171 Å². The molecular weight excluding hydrogens is 368 g/mol. The molecule has 1 amide bonds. The molecule has 3 rings (SSSR count). The zero-order valence-electron chi connectivity index (χ0n) is 17.0. The maximum atomic E-state index is 13.0. The summed E-state index contributed by atoms with van der Waals surface area (Å²) in [5, 5.41) is 11.0. The van der Waals surface area contributed by atoms with Gasteiger partial charge >= 0.3 is 0 Å². The number of benzene rings is 2. The summed E-state index contributed by atoms with van der Waals surface area (Å²) in [6.45, 7) is 1.18. The average molecular weight is 394 g/mol. The number of aliphatic hydroxyl groups excluding tert-OH is 1. The van der Waals surface area contributed by atoms with Gasteiger partial charge in [-0.15, -0.1) is 0 Å². The molecule has 1 fully saturated rings. The Morgan fingerprint density at radius 3 is 2.38 bits per heavy atom. The van der Waals surface area contributed by atoms with Crippen molar-refractivity contribution in [1.29, 1.82) is 0 Å². The second-order valence-corrected chi connectivity index (χ2v) is 7.26. The number of rotatable bonds is 7. The molecule has 1 saturated heterocycles. The highest BCUT2D eigenvalue weighted by atomic mass is 16.5. The number of Topliss-reactive ketones (excluding diaryl/α,β-unsaturated/α-hetero) is 1. The molecule has 0 aliphatic carbocycles. The van der Waals surface area contributed by atoms with E-state index in [-0.39, 0.29) is 11.3 Å². The molecule has 1 aliphatic heterocycles. The van der Waals surface area contributed by atoms with E-state index in [2.05, 4.69) is 0 Å². The topological polar surface area (TPSA) is 70.1 Å². The first-order valence-corrected chi connectivity index (χ1v) is 9.57. The van der Waals surface area contributed by atoms with Crippen LogP contribution in [0.2, 0.25) is 0 Å². The highest BCUT2D eigenvalue weighted by Gasteiger charge is 2.46. The minimum absolute atomic E-state index is 0.0931. The smallest absolute Gasteiger partial charge is 0.295 e. The SMILES string of the molecule is COc1ccccc1C1/C(=C(/O)c2ccccc2)C(=O)C(=O)N1CCCN(C)C. The Morgan fingerprint density at radius 2 is 1.72 bits per heavy atom. The Balaban J connectivity index is 2.13. The number of amides is 1. The summed E-state index contributed by atoms with van der Waals surface area (Å²) in [6.07, 6.45) is 0.705. The fourth-order valence-electron chi connectivity index (χ4n) is 3.64. The van der Waals surface area contributed by atoms with Crippen LogP contribution in [0.1, 0.15) is 23.6 Å². The minimum Gasteiger partial charge on any atom is -0.507 e. The van der Waals surface area contributed by atoms with E-state index in [0.29, 0.717) is 29.8 Å². The van der Waals surface area contributed by atoms with Crippen LogP contribution in [0.5, 0.6) is 5.75 Å². The van der Waals surface area contributed by atoms with Gasteiger partial charge in [0.1, 0.15) is 11.5 Å². The molecule has 1 N–H and O–H groups in total. The van der Waals surface area contributed by atoms with E-state index < -0.39 is 17.7 Å². The zero-order chi connectivity index (χ0) is 21.0. The van der Waals surface area contributed by atoms with Crippen LogP contribution in [-0.4, -0.2) is 60.9 Å². The second-order valence-electron chi connectivity index (χ2n) is 7.26. The summed E-state index contributed by atoms with van der Waals surface area (Å²) >= 11 is 0. The van der Waals surface area contributed by atoms with Crippen LogP contribution in [-0.2, 0) is 9.59 Å². The summed E-state index contributed by atoms with van der Waals surface area (Å²) in [6, 6.07) is 15.4. The molecule has 1 aliphatic rings. The molecule has 0 aromatic heterocycles. The second kappa shape index (κ2) is 8.92. The number of nitrogens with zero attached hydrogens (tertiary/aromatic N) is 2. The lowest BCUT2D eigenvalue weighted by Crippen LogP contribution is -2.32. The summed E-state index contributed by atoms with van der Waals surface area (Å²) in [4.78, 5) is 29.4. The molecule has 6 nitrogen and oxygen atoms in total. The van der Waals surface area contributed by atoms with Crippen molar-refractivity contribution in [3.63, 3.8) is 0 Å². The van der Waals surface area contributed by atoms with Crippen molar-refractivity contribution in [3.8, 4) is 5.75 Å². The highest BCUT2D eigenvalue weighted by molar-refractivity contribution is 6.46. The van der Waals surface area contributed by atoms with Crippen LogP contribution < -0.4 is 4.74 Å². The third-order valence-corrected chi connectivity index (χ3v) is 5.03. The standard InChI is InChI=1S/C23H26N2O4/c1-24(2)14-9-15-25-20(17-12-7-8-13-18(17)29-3)19(22(27)23(25)28)21(26)16-10-5-4-6-11-16/h4-8,10-13,20,26H,9,14-15H2,1-3H3/b21-19-. The van der Waals surface area contributed by atoms with E-state index in [4.69, 9.17) is 4.74 Å². The van der Waals surface area contributed by atoms with Crippen LogP contribution in [0.15, 0.2) is 60.2 Å². The van der Waals surface area contributed by atoms with Gasteiger partial charge in [-0.3, -0.25) is 9.59 Å². The van der Waals surface area contributed by atoms with Gasteiger partial charge in [0.25, 0.3) is 11.7 Å². The highest BCUT2D eigenvalue weighted by Crippen LogP contribution is 2.42. The van der Waals surface area contributed by atoms with Crippen LogP contribution >= 0.6 is 0 Å². The predicted octanol–water partition coefficient (Wildman–Crippen LogP) is 3.07. The molecule has 2 aromatic carbocycles. The van der Waals surface area contributed by atoms with Crippen molar-refractivity contribution in [2.24, 2.45) is 0 Å². The number of ether oxygens (including phenoxy) is 1. The van der Waals surface area contributed by atoms with Gasteiger partial charge in [-0.1, -0.05) is 48.5 Å². The van der Waals surface area contributed by atoms with E-state index in [1.807, 2.05) is 43.3 Å². The lowest BCUT2D eigenvalue weighted by molar-refractivity contribution is -0.140. The molecule has 0 radical (unpaired) electrons. The minimum atomic E-state index is -0.700. The third kappa shape index (κ3) is 4.17. The van der Waals surface area contributed by atoms with E-state index in [1.54, 1.807) is 37.4 Å². The third-order valence-electron chi connectivity index (χ3n) is 5.03. The first-order chi connectivity index (χ1) is 14.0. The monoisotopic (exact) mass is 394 g/mol. The van der Waals surface area contributed by atoms with E-state index in [1.165, 1.54) is 4.90 Å². The van der Waals surface area contributed by atoms with Gasteiger partial charge in [0, 0.05) is 17.7 Å². The number of carbonyl (C=O) groups excluding carboxylic acids is 2. The van der Waals surface area contributed by atoms with E-state index in [0.717, 1.165) is 6.54 Å². The number of carbonyl (C=O) groups is 2. The van der Waals surface area contributed by atoms with Gasteiger partial charge in [-0.05, 0) is 33.1 Å². The number of ketones is 1. The quantitative estimate of drug-likeness (QED) is 0.444. The number of aliphatic hydroxyl groups is 1. The summed E-state index contributed by atoms with van der Waals surface area (Å²) in [7, 11) is 5.47. The van der Waals surface area contributed by atoms with Gasteiger partial charge in [0.15, 0.2) is 0 Å². The maximum Gasteiger partial charge on any atom is 0.295 e. The van der Waals surface area contributed by atoms with Gasteiger partial charge in [-0.2, -0.15) is 0 Å². The normalized spacial score (nSPS) is 18.5. The Hall–Kier alpha value is -3.12. The van der Waals surface area contributed by atoms with Gasteiger partial charge in [0.2, 0.25) is 0 Å². The van der Waals surface area contributed by atoms with Crippen LogP contribution in [0.4, 0.5) is 0 Å². The summed E-state index contributed by atoms with van der Waals surface area (Å²) < 4.78 is 5.49. The van der Waals surface area contributed by atoms with Crippen molar-refractivity contribution in [2.75, 3.05) is 34.3 Å². The number of methoxy groups -OCH3 is 1. The molecule has 0 bridgehead atoms. The molecule has 29 heavy (non-hydrogen) atoms. The first kappa shape index (κ1) is 20.6. The van der Waals surface area contributed by atoms with Crippen molar-refractivity contribution in [3.05, 3.63) is 71.3 Å². The maximum absolute atomic E-state index is 13.0. The zero-order valence-corrected chi connectivity index (χ0v) is 17.0. The lowest BCUT2D eigenvalue weighted by Gasteiger charge is -2.27. The number of likely N-dealkylation sites (tertiary alicyclic amines) is 1. The Morgan fingerprint density at radius 1 is 1.07 bits per heavy atom. The van der Waals surface area contributed by atoms with Crippen molar-refractivity contribution >= 4 is 17.4 Å². The molecule has 1 atom stereocenters. The molecular formula is C23H26N2O4. The molecule has 1 heterocycles. The molecule has 0 saturated carbocycles. The van der Waals surface area contributed by atoms with Gasteiger partial charge in [-0.25, -0.2) is 0 Å². The Bertz CT molecular complexity index is 921. The average Bonchev–Trinajstić information content (AvgIpc) is 2.98. The van der Waals surface area contributed by atoms with Crippen LogP contribution in [0.25, 0.3) is 5.76 Å². The molecule has 1 unspecified atom stereocenters. The number of para-hydroxylation sites is 1. The molecule has 0 spiro atoms. The van der Waals surface area contributed by atoms with Crippen molar-refractivity contribution < 1.29 is 19.4 Å². The molecule has 2 aromatic rings. The molecule has 152 valence electrons. The van der Waals surface area contributed by atoms with Gasteiger partial charge < -0.3 is 19.6 Å². The van der Waals surface area contributed by atoms with Crippen LogP contribution in [0.3, 0.4) is 0 Å². The van der Waals surface area contributed by atoms with E-state index in [9.17, 15) is 14.7 Å².